The lowest BCUT2D eigenvalue weighted by Gasteiger charge is -2.12. The number of nitroso groups, excluding NO2 is 1. The number of nitrogens with zero attached hydrogens (tertiary/aromatic N) is 1. The van der Waals surface area contributed by atoms with Crippen molar-refractivity contribution in [3.05, 3.63) is 4.91 Å². The van der Waals surface area contributed by atoms with Gasteiger partial charge < -0.3 is 10.2 Å². The molecule has 2 atom stereocenters. The second-order valence-electron chi connectivity index (χ2n) is 4.00. The van der Waals surface area contributed by atoms with E-state index in [9.17, 15) is 4.91 Å². The van der Waals surface area contributed by atoms with Gasteiger partial charge in [-0.1, -0.05) is 12.1 Å². The molecule has 0 fully saturated rings. The Labute approximate surface area is 122 Å². The number of rotatable bonds is 13. The van der Waals surface area contributed by atoms with Gasteiger partial charge in [-0.25, -0.2) is 0 Å². The van der Waals surface area contributed by atoms with Crippen molar-refractivity contribution in [3.8, 4) is 0 Å². The Morgan fingerprint density at radius 1 is 0.944 bits per heavy atom. The lowest BCUT2D eigenvalue weighted by molar-refractivity contribution is 0.322. The lowest BCUT2D eigenvalue weighted by atomic mass is 10.3. The number of hydrogen-bond donors (Lipinski definition) is 2. The third kappa shape index (κ3) is 11.6. The molecule has 0 aromatic heterocycles. The molecule has 0 aromatic carbocycles. The van der Waals surface area contributed by atoms with Crippen LogP contribution in [0.4, 0.5) is 0 Å². The van der Waals surface area contributed by atoms with E-state index in [1.165, 1.54) is 0 Å². The molecule has 4 nitrogen and oxygen atoms in total. The van der Waals surface area contributed by atoms with Crippen LogP contribution >= 0.6 is 35.3 Å². The van der Waals surface area contributed by atoms with Gasteiger partial charge in [-0.2, -0.15) is 40.2 Å². The average Bonchev–Trinajstić information content (AvgIpc) is 2.37. The first kappa shape index (κ1) is 18.6. The van der Waals surface area contributed by atoms with E-state index in [1.807, 2.05) is 0 Å². The van der Waals surface area contributed by atoms with Crippen LogP contribution in [0.1, 0.15) is 6.92 Å². The van der Waals surface area contributed by atoms with Gasteiger partial charge in [-0.05, 0) is 17.4 Å². The predicted molar refractivity (Wildman–Crippen MR) is 84.9 cm³/mol. The molecule has 0 amide bonds. The summed E-state index contributed by atoms with van der Waals surface area (Å²) in [5, 5.41) is 20.4. The highest BCUT2D eigenvalue weighted by molar-refractivity contribution is 8.00. The zero-order chi connectivity index (χ0) is 13.6. The van der Waals surface area contributed by atoms with Gasteiger partial charge in [0.2, 0.25) is 0 Å². The fourth-order valence-corrected chi connectivity index (χ4v) is 4.16. The Balaban J connectivity index is 3.50. The molecule has 0 saturated carbocycles. The first-order valence-electron chi connectivity index (χ1n) is 6.02. The van der Waals surface area contributed by atoms with E-state index >= 15 is 0 Å². The van der Waals surface area contributed by atoms with Crippen molar-refractivity contribution >= 4 is 35.3 Å². The minimum absolute atomic E-state index is 0.149. The largest absolute Gasteiger partial charge is 0.396 e. The number of thioether (sulfide) groups is 3. The van der Waals surface area contributed by atoms with Gasteiger partial charge in [-0.3, -0.25) is 0 Å². The number of aliphatic hydroxyl groups excluding tert-OH is 2. The summed E-state index contributed by atoms with van der Waals surface area (Å²) in [6, 6.07) is -0.149. The third-order valence-electron chi connectivity index (χ3n) is 2.05. The average molecular weight is 314 g/mol. The Morgan fingerprint density at radius 3 is 2.00 bits per heavy atom. The highest BCUT2D eigenvalue weighted by Crippen LogP contribution is 2.17. The summed E-state index contributed by atoms with van der Waals surface area (Å²) in [5.41, 5.74) is 0. The van der Waals surface area contributed by atoms with E-state index in [0.717, 1.165) is 23.0 Å². The molecule has 0 bridgehead atoms. The van der Waals surface area contributed by atoms with Crippen LogP contribution in [0.5, 0.6) is 0 Å². The SMILES string of the molecule is CC(CSCCO)CSC[C@H](CSCCO)N=O. The Kier molecular flexibility index (Phi) is 14.4. The van der Waals surface area contributed by atoms with Crippen molar-refractivity contribution in [2.75, 3.05) is 47.7 Å². The van der Waals surface area contributed by atoms with Crippen LogP contribution in [-0.2, 0) is 0 Å². The van der Waals surface area contributed by atoms with Crippen LogP contribution < -0.4 is 0 Å². The molecule has 0 aliphatic rings. The molecule has 108 valence electrons. The molecular weight excluding hydrogens is 290 g/mol. The van der Waals surface area contributed by atoms with Crippen molar-refractivity contribution in [2.45, 2.75) is 13.0 Å². The molecule has 0 aliphatic heterocycles. The maximum atomic E-state index is 10.6. The highest BCUT2D eigenvalue weighted by atomic mass is 32.2. The quantitative estimate of drug-likeness (QED) is 0.400. The summed E-state index contributed by atoms with van der Waals surface area (Å²) in [6.45, 7) is 2.58. The second-order valence-corrected chi connectivity index (χ2v) is 7.37. The molecule has 0 spiro atoms. The van der Waals surface area contributed by atoms with Crippen molar-refractivity contribution in [3.63, 3.8) is 0 Å². The zero-order valence-corrected chi connectivity index (χ0v) is 13.2. The molecule has 0 heterocycles. The summed E-state index contributed by atoms with van der Waals surface area (Å²) in [6.07, 6.45) is 0. The lowest BCUT2D eigenvalue weighted by Crippen LogP contribution is -2.13. The molecule has 7 heteroatoms. The minimum Gasteiger partial charge on any atom is -0.396 e. The summed E-state index contributed by atoms with van der Waals surface area (Å²) in [5.74, 6) is 5.59. The maximum absolute atomic E-state index is 10.6. The van der Waals surface area contributed by atoms with Crippen LogP contribution in [-0.4, -0.2) is 64.0 Å². The molecule has 0 rings (SSSR count). The van der Waals surface area contributed by atoms with E-state index in [2.05, 4.69) is 12.1 Å². The molecular formula is C11H23NO3S3. The van der Waals surface area contributed by atoms with Crippen molar-refractivity contribution in [1.29, 1.82) is 0 Å². The summed E-state index contributed by atoms with van der Waals surface area (Å²) in [4.78, 5) is 10.6. The third-order valence-corrected chi connectivity index (χ3v) is 5.84. The Morgan fingerprint density at radius 2 is 1.44 bits per heavy atom. The van der Waals surface area contributed by atoms with Gasteiger partial charge in [0, 0.05) is 23.0 Å². The molecule has 1 unspecified atom stereocenters. The highest BCUT2D eigenvalue weighted by Gasteiger charge is 2.10. The van der Waals surface area contributed by atoms with Crippen LogP contribution in [0, 0.1) is 10.8 Å². The van der Waals surface area contributed by atoms with E-state index in [4.69, 9.17) is 10.2 Å². The summed E-state index contributed by atoms with van der Waals surface area (Å²) < 4.78 is 0. The molecule has 0 saturated heterocycles. The zero-order valence-electron chi connectivity index (χ0n) is 10.8. The second kappa shape index (κ2) is 14.0. The minimum atomic E-state index is -0.149. The fourth-order valence-electron chi connectivity index (χ4n) is 1.20. The van der Waals surface area contributed by atoms with Crippen LogP contribution in [0.2, 0.25) is 0 Å². The van der Waals surface area contributed by atoms with Gasteiger partial charge in [0.15, 0.2) is 0 Å². The Bertz CT molecular complexity index is 198. The first-order valence-corrected chi connectivity index (χ1v) is 9.48. The predicted octanol–water partition coefficient (Wildman–Crippen LogP) is 1.94. The van der Waals surface area contributed by atoms with Crippen LogP contribution in [0.3, 0.4) is 0 Å². The topological polar surface area (TPSA) is 69.9 Å². The molecule has 2 N–H and O–H groups in total. The first-order chi connectivity index (χ1) is 8.74. The van der Waals surface area contributed by atoms with E-state index in [1.54, 1.807) is 35.3 Å². The van der Waals surface area contributed by atoms with E-state index in [-0.39, 0.29) is 19.3 Å². The molecule has 0 aromatic rings. The van der Waals surface area contributed by atoms with Crippen molar-refractivity contribution < 1.29 is 10.2 Å². The van der Waals surface area contributed by atoms with E-state index < -0.39 is 0 Å². The Hall–Kier alpha value is 0.570. The van der Waals surface area contributed by atoms with Gasteiger partial charge in [0.05, 0.1) is 13.2 Å². The molecule has 0 aliphatic carbocycles. The van der Waals surface area contributed by atoms with Gasteiger partial charge in [0.25, 0.3) is 0 Å². The van der Waals surface area contributed by atoms with Gasteiger partial charge in [-0.15, -0.1) is 0 Å². The van der Waals surface area contributed by atoms with Gasteiger partial charge >= 0.3 is 0 Å². The van der Waals surface area contributed by atoms with Gasteiger partial charge in [0.1, 0.15) is 6.04 Å². The summed E-state index contributed by atoms with van der Waals surface area (Å²) >= 11 is 5.10. The van der Waals surface area contributed by atoms with E-state index in [0.29, 0.717) is 17.4 Å². The normalized spacial score (nSPS) is 14.4. The monoisotopic (exact) mass is 313 g/mol. The van der Waals surface area contributed by atoms with Crippen molar-refractivity contribution in [1.82, 2.24) is 0 Å². The smallest absolute Gasteiger partial charge is 0.110 e. The summed E-state index contributed by atoms with van der Waals surface area (Å²) in [7, 11) is 0. The number of hydrogen-bond acceptors (Lipinski definition) is 7. The number of aliphatic hydroxyl groups is 2. The van der Waals surface area contributed by atoms with Crippen molar-refractivity contribution in [2.24, 2.45) is 11.1 Å². The van der Waals surface area contributed by atoms with Crippen LogP contribution in [0.25, 0.3) is 0 Å². The standard InChI is InChI=1S/C11H23NO3S3/c1-10(6-16-4-2-13)7-18-9-11(12-15)8-17-5-3-14/h10-11,13-14H,2-9H2,1H3/t10?,11-/m0/s1. The molecule has 0 radical (unpaired) electrons. The molecule has 18 heavy (non-hydrogen) atoms. The maximum Gasteiger partial charge on any atom is 0.110 e. The van der Waals surface area contributed by atoms with Crippen LogP contribution in [0.15, 0.2) is 5.18 Å². The fraction of sp³-hybridized carbons (Fsp3) is 1.00.